The molecule has 1 atom stereocenters. The Kier molecular flexibility index (Phi) is 5.94. The number of para-hydroxylation sites is 1. The normalized spacial score (nSPS) is 11.4. The molecule has 0 unspecified atom stereocenters. The second-order valence-electron chi connectivity index (χ2n) is 5.08. The number of nitrogens with one attached hydrogen (secondary N) is 1. The number of hydrogen-bond donors (Lipinski definition) is 1. The van der Waals surface area contributed by atoms with E-state index in [1.165, 1.54) is 45.4 Å². The summed E-state index contributed by atoms with van der Waals surface area (Å²) < 4.78 is 28.9. The minimum atomic E-state index is -1.14. The molecule has 0 saturated carbocycles. The van der Waals surface area contributed by atoms with Crippen LogP contribution in [0.4, 0.5) is 10.1 Å². The fourth-order valence-electron chi connectivity index (χ4n) is 2.05. The SMILES string of the molecule is COc1ccc(OC)c(C(=O)O[C@@H](C)C(=O)Nc2ccccc2F)c1. The first-order chi connectivity index (χ1) is 12.0. The lowest BCUT2D eigenvalue weighted by Gasteiger charge is -2.15. The van der Waals surface area contributed by atoms with Crippen LogP contribution in [0.1, 0.15) is 17.3 Å². The Morgan fingerprint density at radius 1 is 1.08 bits per heavy atom. The van der Waals surface area contributed by atoms with Gasteiger partial charge in [-0.1, -0.05) is 12.1 Å². The van der Waals surface area contributed by atoms with Crippen molar-refractivity contribution in [1.82, 2.24) is 0 Å². The molecule has 2 aromatic carbocycles. The average Bonchev–Trinajstić information content (AvgIpc) is 2.62. The van der Waals surface area contributed by atoms with E-state index in [-0.39, 0.29) is 17.0 Å². The molecule has 0 spiro atoms. The zero-order valence-electron chi connectivity index (χ0n) is 14.0. The fourth-order valence-corrected chi connectivity index (χ4v) is 2.05. The van der Waals surface area contributed by atoms with Crippen molar-refractivity contribution in [3.8, 4) is 11.5 Å². The van der Waals surface area contributed by atoms with Crippen LogP contribution in [0.25, 0.3) is 0 Å². The second kappa shape index (κ2) is 8.14. The van der Waals surface area contributed by atoms with Crippen molar-refractivity contribution in [3.05, 3.63) is 53.8 Å². The summed E-state index contributed by atoms with van der Waals surface area (Å²) in [7, 11) is 2.87. The van der Waals surface area contributed by atoms with Gasteiger partial charge >= 0.3 is 5.97 Å². The molecule has 1 amide bonds. The third-order valence-electron chi connectivity index (χ3n) is 3.41. The van der Waals surface area contributed by atoms with Crippen LogP contribution in [-0.4, -0.2) is 32.2 Å². The van der Waals surface area contributed by atoms with E-state index in [9.17, 15) is 14.0 Å². The smallest absolute Gasteiger partial charge is 0.342 e. The maximum absolute atomic E-state index is 13.6. The Morgan fingerprint density at radius 3 is 2.44 bits per heavy atom. The highest BCUT2D eigenvalue weighted by atomic mass is 19.1. The van der Waals surface area contributed by atoms with Crippen LogP contribution in [-0.2, 0) is 9.53 Å². The lowest BCUT2D eigenvalue weighted by atomic mass is 10.2. The molecule has 0 saturated heterocycles. The number of halogens is 1. The fraction of sp³-hybridized carbons (Fsp3) is 0.222. The van der Waals surface area contributed by atoms with Crippen LogP contribution in [0.5, 0.6) is 11.5 Å². The molecule has 0 heterocycles. The van der Waals surface area contributed by atoms with Crippen LogP contribution in [0, 0.1) is 5.82 Å². The Bertz CT molecular complexity index is 778. The Labute approximate surface area is 144 Å². The van der Waals surface area contributed by atoms with E-state index in [0.717, 1.165) is 0 Å². The van der Waals surface area contributed by atoms with Crippen LogP contribution < -0.4 is 14.8 Å². The minimum Gasteiger partial charge on any atom is -0.497 e. The summed E-state index contributed by atoms with van der Waals surface area (Å²) in [5.74, 6) is -1.26. The number of anilines is 1. The first-order valence-corrected chi connectivity index (χ1v) is 7.44. The largest absolute Gasteiger partial charge is 0.497 e. The third-order valence-corrected chi connectivity index (χ3v) is 3.41. The van der Waals surface area contributed by atoms with Gasteiger partial charge in [-0.05, 0) is 37.3 Å². The van der Waals surface area contributed by atoms with Crippen molar-refractivity contribution in [1.29, 1.82) is 0 Å². The molecule has 0 aromatic heterocycles. The Hall–Kier alpha value is -3.09. The molecule has 0 bridgehead atoms. The third kappa shape index (κ3) is 4.47. The summed E-state index contributed by atoms with van der Waals surface area (Å²) in [6, 6.07) is 10.3. The highest BCUT2D eigenvalue weighted by Crippen LogP contribution is 2.25. The van der Waals surface area contributed by atoms with Crippen LogP contribution in [0.3, 0.4) is 0 Å². The first-order valence-electron chi connectivity index (χ1n) is 7.44. The number of benzene rings is 2. The molecule has 0 radical (unpaired) electrons. The van der Waals surface area contributed by atoms with Crippen LogP contribution in [0.15, 0.2) is 42.5 Å². The van der Waals surface area contributed by atoms with Crippen molar-refractivity contribution < 1.29 is 28.2 Å². The first kappa shape index (κ1) is 18.3. The lowest BCUT2D eigenvalue weighted by Crippen LogP contribution is -2.30. The molecule has 2 rings (SSSR count). The van der Waals surface area contributed by atoms with Gasteiger partial charge in [0.2, 0.25) is 0 Å². The predicted molar refractivity (Wildman–Crippen MR) is 89.5 cm³/mol. The van der Waals surface area contributed by atoms with Gasteiger partial charge in [-0.25, -0.2) is 9.18 Å². The maximum atomic E-state index is 13.6. The van der Waals surface area contributed by atoms with E-state index in [1.54, 1.807) is 18.2 Å². The lowest BCUT2D eigenvalue weighted by molar-refractivity contribution is -0.123. The van der Waals surface area contributed by atoms with E-state index >= 15 is 0 Å². The van der Waals surface area contributed by atoms with Crippen molar-refractivity contribution in [3.63, 3.8) is 0 Å². The molecule has 2 aromatic rings. The monoisotopic (exact) mass is 347 g/mol. The maximum Gasteiger partial charge on any atom is 0.342 e. The highest BCUT2D eigenvalue weighted by Gasteiger charge is 2.22. The molecule has 0 fully saturated rings. The molecule has 0 aliphatic carbocycles. The number of amides is 1. The molecule has 6 nitrogen and oxygen atoms in total. The van der Waals surface area contributed by atoms with Gasteiger partial charge in [0.15, 0.2) is 6.10 Å². The average molecular weight is 347 g/mol. The summed E-state index contributed by atoms with van der Waals surface area (Å²) >= 11 is 0. The van der Waals surface area contributed by atoms with E-state index in [1.807, 2.05) is 0 Å². The number of methoxy groups -OCH3 is 2. The van der Waals surface area contributed by atoms with Gasteiger partial charge in [0.05, 0.1) is 19.9 Å². The van der Waals surface area contributed by atoms with Crippen LogP contribution in [0.2, 0.25) is 0 Å². The predicted octanol–water partition coefficient (Wildman–Crippen LogP) is 3.03. The highest BCUT2D eigenvalue weighted by molar-refractivity contribution is 5.98. The number of esters is 1. The molecule has 1 N–H and O–H groups in total. The van der Waals surface area contributed by atoms with Crippen molar-refractivity contribution >= 4 is 17.6 Å². The molecule has 7 heteroatoms. The number of carbonyl (C=O) groups is 2. The summed E-state index contributed by atoms with van der Waals surface area (Å²) in [6.45, 7) is 1.39. The van der Waals surface area contributed by atoms with Crippen molar-refractivity contribution in [2.75, 3.05) is 19.5 Å². The van der Waals surface area contributed by atoms with Gasteiger partial charge in [-0.2, -0.15) is 0 Å². The van der Waals surface area contributed by atoms with Crippen molar-refractivity contribution in [2.45, 2.75) is 13.0 Å². The Morgan fingerprint density at radius 2 is 1.80 bits per heavy atom. The summed E-state index contributed by atoms with van der Waals surface area (Å²) in [4.78, 5) is 24.4. The quantitative estimate of drug-likeness (QED) is 0.813. The number of hydrogen-bond acceptors (Lipinski definition) is 5. The second-order valence-corrected chi connectivity index (χ2v) is 5.08. The van der Waals surface area contributed by atoms with Gasteiger partial charge in [0, 0.05) is 0 Å². The molecule has 25 heavy (non-hydrogen) atoms. The molecule has 132 valence electrons. The number of carbonyl (C=O) groups excluding carboxylic acids is 2. The van der Waals surface area contributed by atoms with E-state index in [4.69, 9.17) is 14.2 Å². The summed E-state index contributed by atoms with van der Waals surface area (Å²) in [6.07, 6.45) is -1.14. The molecular formula is C18H18FNO5. The van der Waals surface area contributed by atoms with Gasteiger partial charge in [-0.15, -0.1) is 0 Å². The molecule has 0 aliphatic rings. The van der Waals surface area contributed by atoms with Gasteiger partial charge < -0.3 is 19.5 Å². The minimum absolute atomic E-state index is 0.00867. The Balaban J connectivity index is 2.09. The van der Waals surface area contributed by atoms with Crippen LogP contribution >= 0.6 is 0 Å². The zero-order chi connectivity index (χ0) is 18.4. The van der Waals surface area contributed by atoms with Gasteiger partial charge in [-0.3, -0.25) is 4.79 Å². The molecular weight excluding hydrogens is 329 g/mol. The topological polar surface area (TPSA) is 73.9 Å². The molecule has 0 aliphatic heterocycles. The summed E-state index contributed by atoms with van der Waals surface area (Å²) in [5, 5.41) is 2.37. The van der Waals surface area contributed by atoms with Gasteiger partial charge in [0.1, 0.15) is 22.9 Å². The summed E-state index contributed by atoms with van der Waals surface area (Å²) in [5.41, 5.74) is 0.127. The van der Waals surface area contributed by atoms with E-state index < -0.39 is 23.8 Å². The van der Waals surface area contributed by atoms with E-state index in [0.29, 0.717) is 5.75 Å². The van der Waals surface area contributed by atoms with Gasteiger partial charge in [0.25, 0.3) is 5.91 Å². The standard InChI is InChI=1S/C18H18FNO5/c1-11(17(21)20-15-7-5-4-6-14(15)19)25-18(22)13-10-12(23-2)8-9-16(13)24-3/h4-11H,1-3H3,(H,20,21)/t11-/m0/s1. The number of ether oxygens (including phenoxy) is 3. The van der Waals surface area contributed by atoms with Crippen molar-refractivity contribution in [2.24, 2.45) is 0 Å². The number of rotatable bonds is 6. The zero-order valence-corrected chi connectivity index (χ0v) is 14.0. The van der Waals surface area contributed by atoms with E-state index in [2.05, 4.69) is 5.32 Å².